The van der Waals surface area contributed by atoms with Crippen LogP contribution in [0.1, 0.15) is 11.6 Å². The molecule has 0 saturated carbocycles. The summed E-state index contributed by atoms with van der Waals surface area (Å²) in [7, 11) is 0. The number of carboxylic acids is 1. The molecule has 1 aliphatic rings. The average molecular weight is 217 g/mol. The molecule has 0 unspecified atom stereocenters. The molecule has 0 bridgehead atoms. The molecule has 1 atom stereocenters. The van der Waals surface area contributed by atoms with Crippen LogP contribution in [0.4, 0.5) is 4.79 Å². The minimum atomic E-state index is -1.39. The Morgan fingerprint density at radius 1 is 1.25 bits per heavy atom. The van der Waals surface area contributed by atoms with Crippen molar-refractivity contribution in [3.8, 4) is 0 Å². The average Bonchev–Trinajstić information content (AvgIpc) is 2.29. The first-order valence-corrected chi connectivity index (χ1v) is 4.72. The highest BCUT2D eigenvalue weighted by atomic mass is 16.4. The van der Waals surface area contributed by atoms with Gasteiger partial charge in [-0.1, -0.05) is 30.3 Å². The molecule has 1 aliphatic heterocycles. The Morgan fingerprint density at radius 3 is 2.56 bits per heavy atom. The second kappa shape index (κ2) is 4.06. The summed E-state index contributed by atoms with van der Waals surface area (Å²) in [4.78, 5) is 21.9. The molecule has 82 valence electrons. The Hall–Kier alpha value is -2.30. The second-order valence-corrected chi connectivity index (χ2v) is 3.35. The summed E-state index contributed by atoms with van der Waals surface area (Å²) < 4.78 is 0. The van der Waals surface area contributed by atoms with Crippen molar-refractivity contribution < 1.29 is 14.7 Å². The second-order valence-electron chi connectivity index (χ2n) is 3.35. The highest BCUT2D eigenvalue weighted by Gasteiger charge is 2.19. The molecule has 0 aliphatic carbocycles. The first-order valence-electron chi connectivity index (χ1n) is 4.72. The number of nitrogens with one attached hydrogen (secondary N) is 2. The van der Waals surface area contributed by atoms with Gasteiger partial charge in [-0.05, 0) is 11.6 Å². The predicted molar refractivity (Wildman–Crippen MR) is 53.9 cm³/mol. The lowest BCUT2D eigenvalue weighted by Gasteiger charge is -2.24. The SMILES string of the molecule is O=C1NC(C(=O)[O-])=C[C@H](c2ccccc2)N1. The van der Waals surface area contributed by atoms with Crippen LogP contribution in [0.25, 0.3) is 0 Å². The molecule has 2 amide bonds. The summed E-state index contributed by atoms with van der Waals surface area (Å²) >= 11 is 0. The van der Waals surface area contributed by atoms with Crippen molar-refractivity contribution >= 4 is 12.0 Å². The zero-order valence-electron chi connectivity index (χ0n) is 8.27. The van der Waals surface area contributed by atoms with Crippen molar-refractivity contribution in [2.24, 2.45) is 0 Å². The normalized spacial score (nSPS) is 19.4. The van der Waals surface area contributed by atoms with Gasteiger partial charge >= 0.3 is 6.03 Å². The number of carboxylic acid groups (broad SMARTS) is 1. The minimum absolute atomic E-state index is 0.211. The van der Waals surface area contributed by atoms with Gasteiger partial charge in [0.1, 0.15) is 0 Å². The van der Waals surface area contributed by atoms with Crippen LogP contribution in [0.15, 0.2) is 42.1 Å². The molecule has 2 rings (SSSR count). The third kappa shape index (κ3) is 2.03. The molecular formula is C11H9N2O3-. The van der Waals surface area contributed by atoms with Crippen LogP contribution in [0.2, 0.25) is 0 Å². The van der Waals surface area contributed by atoms with E-state index < -0.39 is 18.0 Å². The van der Waals surface area contributed by atoms with E-state index in [0.29, 0.717) is 0 Å². The van der Waals surface area contributed by atoms with Crippen molar-refractivity contribution in [3.05, 3.63) is 47.7 Å². The smallest absolute Gasteiger partial charge is 0.320 e. The molecule has 1 aromatic rings. The maximum Gasteiger partial charge on any atom is 0.320 e. The largest absolute Gasteiger partial charge is 0.543 e. The van der Waals surface area contributed by atoms with Crippen molar-refractivity contribution in [2.75, 3.05) is 0 Å². The summed E-state index contributed by atoms with van der Waals surface area (Å²) in [6, 6.07) is 8.10. The molecule has 0 aromatic heterocycles. The monoisotopic (exact) mass is 217 g/mol. The highest BCUT2D eigenvalue weighted by Crippen LogP contribution is 2.17. The van der Waals surface area contributed by atoms with Gasteiger partial charge in [-0.3, -0.25) is 0 Å². The van der Waals surface area contributed by atoms with Gasteiger partial charge < -0.3 is 20.5 Å². The summed E-state index contributed by atoms with van der Waals surface area (Å²) in [6.45, 7) is 0. The molecule has 16 heavy (non-hydrogen) atoms. The van der Waals surface area contributed by atoms with E-state index in [1.165, 1.54) is 6.08 Å². The minimum Gasteiger partial charge on any atom is -0.543 e. The fourth-order valence-corrected chi connectivity index (χ4v) is 1.51. The Kier molecular flexibility index (Phi) is 2.59. The standard InChI is InChI=1S/C11H10N2O3/c14-10(15)9-6-8(12-11(16)13-9)7-4-2-1-3-5-7/h1-6,8H,(H,14,15)(H2,12,13,16)/p-1/t8-/m1/s1. The molecule has 0 radical (unpaired) electrons. The fourth-order valence-electron chi connectivity index (χ4n) is 1.51. The molecule has 1 aromatic carbocycles. The van der Waals surface area contributed by atoms with Gasteiger partial charge in [0.2, 0.25) is 0 Å². The number of urea groups is 1. The van der Waals surface area contributed by atoms with Crippen LogP contribution in [0.5, 0.6) is 0 Å². The molecule has 0 saturated heterocycles. The Labute approximate surface area is 91.8 Å². The van der Waals surface area contributed by atoms with Crippen LogP contribution >= 0.6 is 0 Å². The number of rotatable bonds is 2. The molecule has 0 spiro atoms. The molecular weight excluding hydrogens is 208 g/mol. The lowest BCUT2D eigenvalue weighted by molar-refractivity contribution is -0.299. The number of carbonyl (C=O) groups is 2. The Balaban J connectivity index is 2.32. The number of benzene rings is 1. The van der Waals surface area contributed by atoms with Gasteiger partial charge in [0, 0.05) is 0 Å². The van der Waals surface area contributed by atoms with Crippen LogP contribution in [-0.2, 0) is 4.79 Å². The Morgan fingerprint density at radius 2 is 1.94 bits per heavy atom. The summed E-state index contributed by atoms with van der Waals surface area (Å²) in [5, 5.41) is 15.4. The first-order chi connectivity index (χ1) is 7.66. The summed E-state index contributed by atoms with van der Waals surface area (Å²) in [5.41, 5.74) is 0.605. The fraction of sp³-hybridized carbons (Fsp3) is 0.0909. The molecule has 5 heteroatoms. The zero-order chi connectivity index (χ0) is 11.5. The van der Waals surface area contributed by atoms with Gasteiger partial charge in [0.25, 0.3) is 0 Å². The van der Waals surface area contributed by atoms with Crippen LogP contribution in [0.3, 0.4) is 0 Å². The van der Waals surface area contributed by atoms with Crippen molar-refractivity contribution in [2.45, 2.75) is 6.04 Å². The van der Waals surface area contributed by atoms with E-state index in [1.807, 2.05) is 18.2 Å². The van der Waals surface area contributed by atoms with E-state index in [4.69, 9.17) is 0 Å². The van der Waals surface area contributed by atoms with E-state index in [-0.39, 0.29) is 5.70 Å². The van der Waals surface area contributed by atoms with Crippen LogP contribution < -0.4 is 15.7 Å². The van der Waals surface area contributed by atoms with E-state index in [0.717, 1.165) is 5.56 Å². The number of amides is 2. The molecule has 5 nitrogen and oxygen atoms in total. The topological polar surface area (TPSA) is 81.3 Å². The molecule has 2 N–H and O–H groups in total. The number of carbonyl (C=O) groups excluding carboxylic acids is 2. The van der Waals surface area contributed by atoms with Crippen LogP contribution in [-0.4, -0.2) is 12.0 Å². The quantitative estimate of drug-likeness (QED) is 0.712. The number of hydrogen-bond donors (Lipinski definition) is 2. The van der Waals surface area contributed by atoms with Gasteiger partial charge in [-0.2, -0.15) is 0 Å². The molecule has 0 fully saturated rings. The van der Waals surface area contributed by atoms with Gasteiger partial charge in [0.15, 0.2) is 0 Å². The summed E-state index contributed by atoms with van der Waals surface area (Å²) in [5.74, 6) is -1.39. The van der Waals surface area contributed by atoms with Gasteiger partial charge in [-0.25, -0.2) is 4.79 Å². The zero-order valence-corrected chi connectivity index (χ0v) is 8.27. The third-order valence-corrected chi connectivity index (χ3v) is 2.25. The maximum absolute atomic E-state index is 11.2. The van der Waals surface area contributed by atoms with Gasteiger partial charge in [-0.15, -0.1) is 0 Å². The Bertz CT molecular complexity index is 454. The lowest BCUT2D eigenvalue weighted by Crippen LogP contribution is -2.46. The van der Waals surface area contributed by atoms with E-state index in [2.05, 4.69) is 10.6 Å². The lowest BCUT2D eigenvalue weighted by atomic mass is 10.0. The van der Waals surface area contributed by atoms with Gasteiger partial charge in [0.05, 0.1) is 17.7 Å². The van der Waals surface area contributed by atoms with Crippen molar-refractivity contribution in [1.82, 2.24) is 10.6 Å². The first kappa shape index (κ1) is 10.2. The highest BCUT2D eigenvalue weighted by molar-refractivity contribution is 5.92. The number of aliphatic carboxylic acids is 1. The molecule has 1 heterocycles. The number of hydrogen-bond acceptors (Lipinski definition) is 3. The van der Waals surface area contributed by atoms with E-state index in [1.54, 1.807) is 12.1 Å². The van der Waals surface area contributed by atoms with E-state index in [9.17, 15) is 14.7 Å². The summed E-state index contributed by atoms with van der Waals surface area (Å²) in [6.07, 6.45) is 1.41. The van der Waals surface area contributed by atoms with E-state index >= 15 is 0 Å². The van der Waals surface area contributed by atoms with Crippen molar-refractivity contribution in [3.63, 3.8) is 0 Å². The maximum atomic E-state index is 11.2. The van der Waals surface area contributed by atoms with Crippen molar-refractivity contribution in [1.29, 1.82) is 0 Å². The third-order valence-electron chi connectivity index (χ3n) is 2.25. The predicted octanol–water partition coefficient (Wildman–Crippen LogP) is -0.326. The van der Waals surface area contributed by atoms with Crippen LogP contribution in [0, 0.1) is 0 Å².